The maximum atomic E-state index is 12.5. The van der Waals surface area contributed by atoms with E-state index in [0.29, 0.717) is 38.6 Å². The highest BCUT2D eigenvalue weighted by Gasteiger charge is 2.41. The quantitative estimate of drug-likeness (QED) is 0.810. The topological polar surface area (TPSA) is 79.9 Å². The third kappa shape index (κ3) is 5.16. The summed E-state index contributed by atoms with van der Waals surface area (Å²) >= 11 is 0. The Labute approximate surface area is 166 Å². The molecular formula is C21H31N3O4. The van der Waals surface area contributed by atoms with Gasteiger partial charge in [0.05, 0.1) is 12.7 Å². The molecule has 1 aromatic rings. The fourth-order valence-electron chi connectivity index (χ4n) is 4.17. The van der Waals surface area contributed by atoms with Crippen LogP contribution in [0.4, 0.5) is 4.79 Å². The molecule has 0 aliphatic carbocycles. The van der Waals surface area contributed by atoms with Crippen LogP contribution >= 0.6 is 0 Å². The number of amides is 3. The fourth-order valence-corrected chi connectivity index (χ4v) is 4.17. The molecule has 1 spiro atoms. The number of methoxy groups -OCH3 is 1. The maximum absolute atomic E-state index is 12.5. The van der Waals surface area contributed by atoms with Gasteiger partial charge in [0, 0.05) is 39.7 Å². The summed E-state index contributed by atoms with van der Waals surface area (Å²) in [6.07, 6.45) is 4.05. The van der Waals surface area contributed by atoms with Crippen molar-refractivity contribution in [1.29, 1.82) is 0 Å². The Balaban J connectivity index is 1.46. The molecule has 1 atom stereocenters. The molecular weight excluding hydrogens is 358 g/mol. The van der Waals surface area contributed by atoms with E-state index in [2.05, 4.69) is 10.6 Å². The second-order valence-electron chi connectivity index (χ2n) is 7.76. The van der Waals surface area contributed by atoms with Gasteiger partial charge in [-0.3, -0.25) is 4.79 Å². The number of hydrogen-bond acceptors (Lipinski definition) is 4. The number of nitrogens with one attached hydrogen (secondary N) is 2. The molecule has 28 heavy (non-hydrogen) atoms. The van der Waals surface area contributed by atoms with Gasteiger partial charge < -0.3 is 25.0 Å². The lowest BCUT2D eigenvalue weighted by molar-refractivity contribution is -0.133. The van der Waals surface area contributed by atoms with Gasteiger partial charge in [-0.25, -0.2) is 4.79 Å². The van der Waals surface area contributed by atoms with E-state index in [1.165, 1.54) is 0 Å². The SMILES string of the molecule is CNC(=O)CC1CCOC2(CCN(C(=O)NCc3ccc(OC)cc3)CC2)C1. The predicted molar refractivity (Wildman–Crippen MR) is 106 cm³/mol. The lowest BCUT2D eigenvalue weighted by atomic mass is 9.78. The van der Waals surface area contributed by atoms with E-state index in [1.807, 2.05) is 29.2 Å². The highest BCUT2D eigenvalue weighted by atomic mass is 16.5. The molecule has 2 N–H and O–H groups in total. The number of hydrogen-bond donors (Lipinski definition) is 2. The lowest BCUT2D eigenvalue weighted by Gasteiger charge is -2.46. The van der Waals surface area contributed by atoms with Crippen LogP contribution < -0.4 is 15.4 Å². The molecule has 2 heterocycles. The first-order chi connectivity index (χ1) is 13.5. The van der Waals surface area contributed by atoms with E-state index >= 15 is 0 Å². The molecule has 3 rings (SSSR count). The van der Waals surface area contributed by atoms with E-state index in [1.54, 1.807) is 14.2 Å². The number of piperidine rings is 1. The molecule has 2 aliphatic rings. The van der Waals surface area contributed by atoms with Crippen molar-refractivity contribution in [3.63, 3.8) is 0 Å². The molecule has 2 fully saturated rings. The second kappa shape index (κ2) is 9.28. The summed E-state index contributed by atoms with van der Waals surface area (Å²) < 4.78 is 11.3. The summed E-state index contributed by atoms with van der Waals surface area (Å²) in [5, 5.41) is 5.70. The highest BCUT2D eigenvalue weighted by Crippen LogP contribution is 2.38. The lowest BCUT2D eigenvalue weighted by Crippen LogP contribution is -2.53. The molecule has 154 valence electrons. The highest BCUT2D eigenvalue weighted by molar-refractivity contribution is 5.75. The predicted octanol–water partition coefficient (Wildman–Crippen LogP) is 2.30. The van der Waals surface area contributed by atoms with Crippen molar-refractivity contribution in [3.05, 3.63) is 29.8 Å². The minimum absolute atomic E-state index is 0.0385. The zero-order chi connectivity index (χ0) is 20.0. The first-order valence-electron chi connectivity index (χ1n) is 10.0. The number of nitrogens with zero attached hydrogens (tertiary/aromatic N) is 1. The monoisotopic (exact) mass is 389 g/mol. The van der Waals surface area contributed by atoms with Crippen molar-refractivity contribution in [2.24, 2.45) is 5.92 Å². The van der Waals surface area contributed by atoms with E-state index < -0.39 is 0 Å². The van der Waals surface area contributed by atoms with E-state index in [4.69, 9.17) is 9.47 Å². The average Bonchev–Trinajstić information content (AvgIpc) is 2.73. The molecule has 7 heteroatoms. The first-order valence-corrected chi connectivity index (χ1v) is 10.0. The van der Waals surface area contributed by atoms with Gasteiger partial charge in [0.15, 0.2) is 0 Å². The Morgan fingerprint density at radius 3 is 2.61 bits per heavy atom. The third-order valence-electron chi connectivity index (χ3n) is 5.91. The van der Waals surface area contributed by atoms with Crippen LogP contribution in [0.25, 0.3) is 0 Å². The van der Waals surface area contributed by atoms with Gasteiger partial charge in [0.1, 0.15) is 5.75 Å². The van der Waals surface area contributed by atoms with Gasteiger partial charge in [-0.15, -0.1) is 0 Å². The molecule has 0 bridgehead atoms. The van der Waals surface area contributed by atoms with Gasteiger partial charge >= 0.3 is 6.03 Å². The normalized spacial score (nSPS) is 21.2. The number of carbonyl (C=O) groups is 2. The van der Waals surface area contributed by atoms with Gasteiger partial charge in [0.25, 0.3) is 0 Å². The standard InChI is InChI=1S/C21H31N3O4/c1-22-19(25)13-17-7-12-28-21(14-17)8-10-24(11-9-21)20(26)23-15-16-3-5-18(27-2)6-4-16/h3-6,17H,7-15H2,1-2H3,(H,22,25)(H,23,26). The smallest absolute Gasteiger partial charge is 0.317 e. The zero-order valence-electron chi connectivity index (χ0n) is 16.8. The van der Waals surface area contributed by atoms with Crippen molar-refractivity contribution in [2.45, 2.75) is 44.2 Å². The Bertz CT molecular complexity index is 669. The average molecular weight is 389 g/mol. The summed E-state index contributed by atoms with van der Waals surface area (Å²) in [6, 6.07) is 7.65. The minimum Gasteiger partial charge on any atom is -0.497 e. The summed E-state index contributed by atoms with van der Waals surface area (Å²) in [4.78, 5) is 26.1. The van der Waals surface area contributed by atoms with Gasteiger partial charge in [0.2, 0.25) is 5.91 Å². The van der Waals surface area contributed by atoms with Crippen molar-refractivity contribution in [3.8, 4) is 5.75 Å². The number of ether oxygens (including phenoxy) is 2. The number of carbonyl (C=O) groups excluding carboxylic acids is 2. The zero-order valence-corrected chi connectivity index (χ0v) is 16.8. The van der Waals surface area contributed by atoms with Crippen molar-refractivity contribution in [2.75, 3.05) is 33.9 Å². The third-order valence-corrected chi connectivity index (χ3v) is 5.91. The Morgan fingerprint density at radius 1 is 1.25 bits per heavy atom. The van der Waals surface area contributed by atoms with Crippen LogP contribution in [0.5, 0.6) is 5.75 Å². The summed E-state index contributed by atoms with van der Waals surface area (Å²) in [5.41, 5.74) is 0.860. The minimum atomic E-state index is -0.177. The second-order valence-corrected chi connectivity index (χ2v) is 7.76. The Kier molecular flexibility index (Phi) is 6.78. The van der Waals surface area contributed by atoms with Crippen molar-refractivity contribution in [1.82, 2.24) is 15.5 Å². The van der Waals surface area contributed by atoms with Crippen LogP contribution in [0, 0.1) is 5.92 Å². The summed E-state index contributed by atoms with van der Waals surface area (Å²) in [7, 11) is 3.32. The maximum Gasteiger partial charge on any atom is 0.317 e. The largest absolute Gasteiger partial charge is 0.497 e. The van der Waals surface area contributed by atoms with Gasteiger partial charge in [-0.2, -0.15) is 0 Å². The van der Waals surface area contributed by atoms with E-state index in [-0.39, 0.29) is 17.5 Å². The molecule has 0 radical (unpaired) electrons. The van der Waals surface area contributed by atoms with Gasteiger partial charge in [-0.05, 0) is 49.3 Å². The molecule has 2 saturated heterocycles. The van der Waals surface area contributed by atoms with E-state index in [0.717, 1.165) is 37.0 Å². The van der Waals surface area contributed by atoms with Crippen molar-refractivity contribution >= 4 is 11.9 Å². The number of urea groups is 1. The van der Waals surface area contributed by atoms with E-state index in [9.17, 15) is 9.59 Å². The number of benzene rings is 1. The Hall–Kier alpha value is -2.28. The molecule has 3 amide bonds. The molecule has 2 aliphatic heterocycles. The number of likely N-dealkylation sites (tertiary alicyclic amines) is 1. The molecule has 1 unspecified atom stereocenters. The Morgan fingerprint density at radius 2 is 1.96 bits per heavy atom. The summed E-state index contributed by atoms with van der Waals surface area (Å²) in [6.45, 7) is 2.56. The summed E-state index contributed by atoms with van der Waals surface area (Å²) in [5.74, 6) is 1.26. The van der Waals surface area contributed by atoms with Crippen LogP contribution in [0.2, 0.25) is 0 Å². The van der Waals surface area contributed by atoms with Crippen LogP contribution in [0.1, 0.15) is 37.7 Å². The molecule has 7 nitrogen and oxygen atoms in total. The first kappa shape index (κ1) is 20.5. The molecule has 0 saturated carbocycles. The van der Waals surface area contributed by atoms with Crippen LogP contribution in [-0.2, 0) is 16.1 Å². The van der Waals surface area contributed by atoms with Crippen LogP contribution in [-0.4, -0.2) is 56.3 Å². The van der Waals surface area contributed by atoms with Gasteiger partial charge in [-0.1, -0.05) is 12.1 Å². The molecule has 1 aromatic carbocycles. The van der Waals surface area contributed by atoms with Crippen molar-refractivity contribution < 1.29 is 19.1 Å². The molecule has 0 aromatic heterocycles. The number of rotatable bonds is 5. The van der Waals surface area contributed by atoms with Crippen LogP contribution in [0.15, 0.2) is 24.3 Å². The van der Waals surface area contributed by atoms with Crippen LogP contribution in [0.3, 0.4) is 0 Å². The fraction of sp³-hybridized carbons (Fsp3) is 0.619.